The monoisotopic (exact) mass is 268 g/mol. The number of nitrogens with zero attached hydrogens (tertiary/aromatic N) is 5. The number of azide groups is 1. The minimum absolute atomic E-state index is 0.0396. The van der Waals surface area contributed by atoms with Gasteiger partial charge in [-0.1, -0.05) is 6.92 Å². The van der Waals surface area contributed by atoms with E-state index in [2.05, 4.69) is 15.0 Å². The van der Waals surface area contributed by atoms with Crippen molar-refractivity contribution in [3.8, 4) is 0 Å². The molecule has 102 valence electrons. The average molecular weight is 268 g/mol. The summed E-state index contributed by atoms with van der Waals surface area (Å²) >= 11 is 0. The average Bonchev–Trinajstić information content (AvgIpc) is 2.55. The number of aromatic nitrogens is 2. The number of hydrogen-bond acceptors (Lipinski definition) is 7. The van der Waals surface area contributed by atoms with E-state index < -0.39 is 29.9 Å². The Labute approximate surface area is 106 Å². The second-order valence-electron chi connectivity index (χ2n) is 4.20. The first kappa shape index (κ1) is 13.3. The summed E-state index contributed by atoms with van der Waals surface area (Å²) in [6, 6.07) is 1.37. The van der Waals surface area contributed by atoms with Crippen LogP contribution < -0.4 is 11.4 Å². The lowest BCUT2D eigenvalue weighted by Gasteiger charge is -2.19. The fourth-order valence-electron chi connectivity index (χ4n) is 1.93. The number of aliphatic hydroxyl groups is 2. The minimum atomic E-state index is -2.42. The fraction of sp³-hybridized carbons (Fsp3) is 0.556. The summed E-state index contributed by atoms with van der Waals surface area (Å²) in [6.45, 7) is 1.53. The number of ether oxygens (including phenoxy) is 1. The molecule has 0 aliphatic carbocycles. The van der Waals surface area contributed by atoms with Crippen LogP contribution in [0.4, 0.5) is 5.82 Å². The summed E-state index contributed by atoms with van der Waals surface area (Å²) in [6.07, 6.45) is -1.18. The van der Waals surface area contributed by atoms with Crippen molar-refractivity contribution in [1.29, 1.82) is 0 Å². The maximum atomic E-state index is 11.7. The van der Waals surface area contributed by atoms with Crippen LogP contribution in [-0.4, -0.2) is 31.8 Å². The van der Waals surface area contributed by atoms with E-state index in [1.807, 2.05) is 0 Å². The summed E-state index contributed by atoms with van der Waals surface area (Å²) in [5.74, 6) is -3.07. The Bertz CT molecular complexity index is 597. The molecular weight excluding hydrogens is 256 g/mol. The molecule has 10 nitrogen and oxygen atoms in total. The van der Waals surface area contributed by atoms with E-state index in [1.165, 1.54) is 19.2 Å². The zero-order valence-corrected chi connectivity index (χ0v) is 9.91. The van der Waals surface area contributed by atoms with Crippen LogP contribution in [0.5, 0.6) is 0 Å². The third-order valence-corrected chi connectivity index (χ3v) is 2.94. The summed E-state index contributed by atoms with van der Waals surface area (Å²) in [5.41, 5.74) is 13.0. The van der Waals surface area contributed by atoms with Crippen molar-refractivity contribution < 1.29 is 14.9 Å². The molecule has 0 saturated carbocycles. The molecule has 1 fully saturated rings. The molecule has 1 aliphatic heterocycles. The van der Waals surface area contributed by atoms with Gasteiger partial charge in [-0.15, -0.1) is 0 Å². The first-order chi connectivity index (χ1) is 8.89. The van der Waals surface area contributed by atoms with Crippen molar-refractivity contribution in [2.45, 2.75) is 25.2 Å². The number of nitrogen functional groups attached to an aromatic ring is 1. The molecule has 2 heterocycles. The molecular formula is C9H12N6O4. The standard InChI is InChI=1S/C9H12N6O4/c1-4-6(16)9(18,13-14-11)19-7(4)15-3-2-5(10)12-8(15)17/h2-4,6-7,16,18H,1H3,(H2,10,12,17)/t4-,6-,7+,9+/m0/s1. The van der Waals surface area contributed by atoms with Crippen molar-refractivity contribution in [2.75, 3.05) is 5.73 Å². The van der Waals surface area contributed by atoms with Crippen LogP contribution >= 0.6 is 0 Å². The fourth-order valence-corrected chi connectivity index (χ4v) is 1.93. The van der Waals surface area contributed by atoms with Crippen LogP contribution in [0.2, 0.25) is 0 Å². The van der Waals surface area contributed by atoms with Crippen molar-refractivity contribution >= 4 is 5.82 Å². The number of nitrogens with two attached hydrogens (primary N) is 1. The largest absolute Gasteiger partial charge is 0.387 e. The molecule has 1 aliphatic rings. The van der Waals surface area contributed by atoms with E-state index in [4.69, 9.17) is 16.0 Å². The molecule has 4 atom stereocenters. The predicted molar refractivity (Wildman–Crippen MR) is 62.3 cm³/mol. The lowest BCUT2D eigenvalue weighted by atomic mass is 10.0. The predicted octanol–water partition coefficient (Wildman–Crippen LogP) is -0.692. The highest BCUT2D eigenvalue weighted by Gasteiger charge is 2.52. The van der Waals surface area contributed by atoms with Gasteiger partial charge in [-0.3, -0.25) is 4.57 Å². The smallest absolute Gasteiger partial charge is 0.351 e. The summed E-state index contributed by atoms with van der Waals surface area (Å²) in [5, 5.41) is 22.7. The van der Waals surface area contributed by atoms with Crippen LogP contribution in [0.1, 0.15) is 13.2 Å². The maximum Gasteiger partial charge on any atom is 0.351 e. The Balaban J connectivity index is 2.42. The number of anilines is 1. The van der Waals surface area contributed by atoms with Crippen molar-refractivity contribution in [3.05, 3.63) is 33.2 Å². The van der Waals surface area contributed by atoms with Gasteiger partial charge < -0.3 is 20.7 Å². The second-order valence-corrected chi connectivity index (χ2v) is 4.20. The van der Waals surface area contributed by atoms with Gasteiger partial charge in [0.15, 0.2) is 0 Å². The van der Waals surface area contributed by atoms with Gasteiger partial charge in [0.1, 0.15) is 18.1 Å². The Hall–Kier alpha value is -2.13. The summed E-state index contributed by atoms with van der Waals surface area (Å²) in [4.78, 5) is 17.6. The number of hydrogen-bond donors (Lipinski definition) is 3. The molecule has 0 bridgehead atoms. The zero-order valence-electron chi connectivity index (χ0n) is 9.91. The van der Waals surface area contributed by atoms with E-state index in [-0.39, 0.29) is 5.82 Å². The molecule has 0 amide bonds. The van der Waals surface area contributed by atoms with Crippen molar-refractivity contribution in [1.82, 2.24) is 9.55 Å². The first-order valence-electron chi connectivity index (χ1n) is 5.38. The van der Waals surface area contributed by atoms with Gasteiger partial charge in [-0.05, 0) is 16.7 Å². The SMILES string of the molecule is C[C@@H]1[C@H](n2ccc(N)nc2=O)O[C@@](O)(N=[N+]=[N-])[C@H]1O. The zero-order chi connectivity index (χ0) is 14.2. The van der Waals surface area contributed by atoms with E-state index in [0.29, 0.717) is 0 Å². The molecule has 4 N–H and O–H groups in total. The highest BCUT2D eigenvalue weighted by Crippen LogP contribution is 2.40. The van der Waals surface area contributed by atoms with Gasteiger partial charge in [0, 0.05) is 17.0 Å². The van der Waals surface area contributed by atoms with Gasteiger partial charge in [0.05, 0.1) is 0 Å². The number of aliphatic hydroxyl groups excluding tert-OH is 1. The van der Waals surface area contributed by atoms with Gasteiger partial charge in [-0.25, -0.2) is 4.79 Å². The Morgan fingerprint density at radius 3 is 3.00 bits per heavy atom. The lowest BCUT2D eigenvalue weighted by Crippen LogP contribution is -2.38. The van der Waals surface area contributed by atoms with E-state index in [1.54, 1.807) is 0 Å². The molecule has 0 radical (unpaired) electrons. The third-order valence-electron chi connectivity index (χ3n) is 2.94. The summed E-state index contributed by atoms with van der Waals surface area (Å²) < 4.78 is 6.14. The van der Waals surface area contributed by atoms with Crippen LogP contribution in [-0.2, 0) is 4.74 Å². The lowest BCUT2D eigenvalue weighted by molar-refractivity contribution is -0.233. The molecule has 1 aromatic heterocycles. The van der Waals surface area contributed by atoms with Crippen molar-refractivity contribution in [3.63, 3.8) is 0 Å². The third kappa shape index (κ3) is 2.13. The van der Waals surface area contributed by atoms with E-state index >= 15 is 0 Å². The molecule has 0 aromatic carbocycles. The van der Waals surface area contributed by atoms with Crippen LogP contribution in [0.3, 0.4) is 0 Å². The van der Waals surface area contributed by atoms with Gasteiger partial charge in [0.2, 0.25) is 0 Å². The van der Waals surface area contributed by atoms with Crippen molar-refractivity contribution in [2.24, 2.45) is 11.0 Å². The normalized spacial score (nSPS) is 33.9. The highest BCUT2D eigenvalue weighted by molar-refractivity contribution is 5.23. The highest BCUT2D eigenvalue weighted by atomic mass is 16.7. The van der Waals surface area contributed by atoms with Gasteiger partial charge in [-0.2, -0.15) is 4.98 Å². The van der Waals surface area contributed by atoms with E-state index in [9.17, 15) is 15.0 Å². The summed E-state index contributed by atoms with van der Waals surface area (Å²) in [7, 11) is 0. The molecule has 1 saturated heterocycles. The Morgan fingerprint density at radius 1 is 1.74 bits per heavy atom. The van der Waals surface area contributed by atoms with E-state index in [0.717, 1.165) is 4.57 Å². The molecule has 0 unspecified atom stereocenters. The Morgan fingerprint density at radius 2 is 2.42 bits per heavy atom. The quantitative estimate of drug-likeness (QED) is 0.365. The minimum Gasteiger partial charge on any atom is -0.387 e. The first-order valence-corrected chi connectivity index (χ1v) is 5.38. The second kappa shape index (κ2) is 4.52. The van der Waals surface area contributed by atoms with Gasteiger partial charge >= 0.3 is 5.69 Å². The molecule has 19 heavy (non-hydrogen) atoms. The molecule has 0 spiro atoms. The number of rotatable bonds is 2. The Kier molecular flexibility index (Phi) is 3.16. The van der Waals surface area contributed by atoms with Gasteiger partial charge in [0.25, 0.3) is 5.91 Å². The van der Waals surface area contributed by atoms with Crippen LogP contribution in [0.25, 0.3) is 10.4 Å². The van der Waals surface area contributed by atoms with Crippen LogP contribution in [0, 0.1) is 5.92 Å². The molecule has 10 heteroatoms. The molecule has 2 rings (SSSR count). The van der Waals surface area contributed by atoms with Crippen LogP contribution in [0.15, 0.2) is 22.2 Å². The maximum absolute atomic E-state index is 11.7. The topological polar surface area (TPSA) is 159 Å². The molecule has 1 aromatic rings.